The maximum absolute atomic E-state index is 5.20. The first kappa shape index (κ1) is 12.1. The molecule has 1 aliphatic rings. The summed E-state index contributed by atoms with van der Waals surface area (Å²) in [6.07, 6.45) is 1.34. The van der Waals surface area contributed by atoms with Crippen LogP contribution in [-0.4, -0.2) is 25.2 Å². The van der Waals surface area contributed by atoms with Gasteiger partial charge in [-0.3, -0.25) is 0 Å². The molecule has 0 aliphatic carbocycles. The number of nitrogens with one attached hydrogen (secondary N) is 1. The molecule has 0 bridgehead atoms. The number of ether oxygens (including phenoxy) is 1. The van der Waals surface area contributed by atoms with Crippen molar-refractivity contribution in [3.8, 4) is 5.75 Å². The third kappa shape index (κ3) is 3.08. The van der Waals surface area contributed by atoms with Crippen molar-refractivity contribution in [2.24, 2.45) is 5.92 Å². The van der Waals surface area contributed by atoms with Gasteiger partial charge >= 0.3 is 0 Å². The van der Waals surface area contributed by atoms with Crippen LogP contribution >= 0.6 is 27.7 Å². The van der Waals surface area contributed by atoms with Crippen molar-refractivity contribution in [1.29, 1.82) is 0 Å². The highest BCUT2D eigenvalue weighted by molar-refractivity contribution is 9.10. The van der Waals surface area contributed by atoms with Gasteiger partial charge in [0.2, 0.25) is 0 Å². The zero-order valence-electron chi connectivity index (χ0n) is 9.33. The molecule has 88 valence electrons. The minimum absolute atomic E-state index is 0.825. The van der Waals surface area contributed by atoms with E-state index in [-0.39, 0.29) is 0 Å². The van der Waals surface area contributed by atoms with Crippen molar-refractivity contribution in [2.45, 2.75) is 6.42 Å². The van der Waals surface area contributed by atoms with Crippen LogP contribution < -0.4 is 10.1 Å². The van der Waals surface area contributed by atoms with Gasteiger partial charge in [0.05, 0.1) is 11.6 Å². The molecule has 2 rings (SSSR count). The molecule has 1 N–H and O–H groups in total. The first-order valence-electron chi connectivity index (χ1n) is 5.45. The molecular formula is C12H16BrNOS. The number of methoxy groups -OCH3 is 1. The molecule has 0 saturated carbocycles. The molecule has 0 aromatic heterocycles. The van der Waals surface area contributed by atoms with E-state index in [2.05, 4.69) is 45.1 Å². The smallest absolute Gasteiger partial charge is 0.133 e. The molecule has 1 atom stereocenters. The topological polar surface area (TPSA) is 21.3 Å². The van der Waals surface area contributed by atoms with Gasteiger partial charge in [-0.15, -0.1) is 0 Å². The van der Waals surface area contributed by atoms with E-state index in [9.17, 15) is 0 Å². The fraction of sp³-hybridized carbons (Fsp3) is 0.500. The SMILES string of the molecule is COc1ccc(NCC2CCSC2)cc1Br. The molecule has 1 aromatic rings. The van der Waals surface area contributed by atoms with Crippen molar-refractivity contribution in [3.63, 3.8) is 0 Å². The highest BCUT2D eigenvalue weighted by Gasteiger charge is 2.14. The number of thioether (sulfide) groups is 1. The van der Waals surface area contributed by atoms with Crippen LogP contribution in [-0.2, 0) is 0 Å². The van der Waals surface area contributed by atoms with Crippen molar-refractivity contribution in [1.82, 2.24) is 0 Å². The van der Waals surface area contributed by atoms with Gasteiger partial charge < -0.3 is 10.1 Å². The second-order valence-corrected chi connectivity index (χ2v) is 5.96. The van der Waals surface area contributed by atoms with Crippen LogP contribution in [0.4, 0.5) is 5.69 Å². The van der Waals surface area contributed by atoms with Gasteiger partial charge in [-0.1, -0.05) is 0 Å². The Bertz CT molecular complexity index is 353. The van der Waals surface area contributed by atoms with E-state index in [4.69, 9.17) is 4.74 Å². The molecule has 0 amide bonds. The number of rotatable bonds is 4. The van der Waals surface area contributed by atoms with Gasteiger partial charge in [-0.05, 0) is 58.0 Å². The molecule has 0 spiro atoms. The molecule has 0 radical (unpaired) electrons. The molecule has 1 heterocycles. The normalized spacial score (nSPS) is 19.8. The monoisotopic (exact) mass is 301 g/mol. The van der Waals surface area contributed by atoms with E-state index in [0.717, 1.165) is 28.4 Å². The Hall–Kier alpha value is -0.350. The van der Waals surface area contributed by atoms with Gasteiger partial charge in [0.15, 0.2) is 0 Å². The van der Waals surface area contributed by atoms with Crippen LogP contribution in [0.15, 0.2) is 22.7 Å². The Balaban J connectivity index is 1.91. The standard InChI is InChI=1S/C12H16BrNOS/c1-15-12-3-2-10(6-11(12)13)14-7-9-4-5-16-8-9/h2-3,6,9,14H,4-5,7-8H2,1H3. The Kier molecular flexibility index (Phi) is 4.41. The third-order valence-corrected chi connectivity index (χ3v) is 4.62. The molecular weight excluding hydrogens is 286 g/mol. The van der Waals surface area contributed by atoms with E-state index >= 15 is 0 Å². The lowest BCUT2D eigenvalue weighted by atomic mass is 10.1. The number of halogens is 1. The maximum atomic E-state index is 5.20. The molecule has 1 aromatic carbocycles. The summed E-state index contributed by atoms with van der Waals surface area (Å²) in [5.74, 6) is 4.32. The minimum Gasteiger partial charge on any atom is -0.496 e. The van der Waals surface area contributed by atoms with Crippen molar-refractivity contribution < 1.29 is 4.74 Å². The van der Waals surface area contributed by atoms with Crippen LogP contribution in [0.5, 0.6) is 5.75 Å². The van der Waals surface area contributed by atoms with Crippen LogP contribution in [0.3, 0.4) is 0 Å². The fourth-order valence-corrected chi connectivity index (χ4v) is 3.61. The van der Waals surface area contributed by atoms with Crippen LogP contribution in [0.25, 0.3) is 0 Å². The Morgan fingerprint density at radius 1 is 1.56 bits per heavy atom. The van der Waals surface area contributed by atoms with Crippen LogP contribution in [0, 0.1) is 5.92 Å². The van der Waals surface area contributed by atoms with E-state index in [0.29, 0.717) is 0 Å². The van der Waals surface area contributed by atoms with Crippen molar-refractivity contribution in [3.05, 3.63) is 22.7 Å². The Morgan fingerprint density at radius 2 is 2.44 bits per heavy atom. The summed E-state index contributed by atoms with van der Waals surface area (Å²) in [6.45, 7) is 1.08. The minimum atomic E-state index is 0.825. The van der Waals surface area contributed by atoms with E-state index in [1.807, 2.05) is 6.07 Å². The van der Waals surface area contributed by atoms with Gasteiger partial charge in [-0.25, -0.2) is 0 Å². The fourth-order valence-electron chi connectivity index (χ4n) is 1.78. The number of hydrogen-bond acceptors (Lipinski definition) is 3. The number of anilines is 1. The van der Waals surface area contributed by atoms with Crippen molar-refractivity contribution in [2.75, 3.05) is 30.5 Å². The second-order valence-electron chi connectivity index (χ2n) is 3.96. The summed E-state index contributed by atoms with van der Waals surface area (Å²) in [5, 5.41) is 3.48. The lowest BCUT2D eigenvalue weighted by Gasteiger charge is -2.12. The molecule has 1 aliphatic heterocycles. The predicted molar refractivity (Wildman–Crippen MR) is 74.6 cm³/mol. The molecule has 16 heavy (non-hydrogen) atoms. The second kappa shape index (κ2) is 5.82. The highest BCUT2D eigenvalue weighted by Crippen LogP contribution is 2.28. The number of hydrogen-bond donors (Lipinski definition) is 1. The molecule has 2 nitrogen and oxygen atoms in total. The first-order chi connectivity index (χ1) is 7.79. The van der Waals surface area contributed by atoms with Crippen molar-refractivity contribution >= 4 is 33.4 Å². The first-order valence-corrected chi connectivity index (χ1v) is 7.39. The Labute approximate surface area is 109 Å². The third-order valence-electron chi connectivity index (χ3n) is 2.77. The van der Waals surface area contributed by atoms with Crippen LogP contribution in [0.1, 0.15) is 6.42 Å². The number of benzene rings is 1. The molecule has 4 heteroatoms. The van der Waals surface area contributed by atoms with Crippen LogP contribution in [0.2, 0.25) is 0 Å². The summed E-state index contributed by atoms with van der Waals surface area (Å²) >= 11 is 5.55. The largest absolute Gasteiger partial charge is 0.496 e. The molecule has 1 saturated heterocycles. The lowest BCUT2D eigenvalue weighted by Crippen LogP contribution is -2.13. The van der Waals surface area contributed by atoms with E-state index in [1.165, 1.54) is 17.9 Å². The Morgan fingerprint density at radius 3 is 3.06 bits per heavy atom. The van der Waals surface area contributed by atoms with Gasteiger partial charge in [0, 0.05) is 12.2 Å². The van der Waals surface area contributed by atoms with Gasteiger partial charge in [0.25, 0.3) is 0 Å². The predicted octanol–water partition coefficient (Wildman–Crippen LogP) is 3.62. The lowest BCUT2D eigenvalue weighted by molar-refractivity contribution is 0.412. The van der Waals surface area contributed by atoms with Gasteiger partial charge in [-0.2, -0.15) is 11.8 Å². The van der Waals surface area contributed by atoms with E-state index < -0.39 is 0 Å². The quantitative estimate of drug-likeness (QED) is 0.918. The zero-order chi connectivity index (χ0) is 11.4. The average Bonchev–Trinajstić information content (AvgIpc) is 2.79. The summed E-state index contributed by atoms with van der Waals surface area (Å²) in [4.78, 5) is 0. The average molecular weight is 302 g/mol. The zero-order valence-corrected chi connectivity index (χ0v) is 11.7. The molecule has 1 fully saturated rings. The van der Waals surface area contributed by atoms with E-state index in [1.54, 1.807) is 7.11 Å². The summed E-state index contributed by atoms with van der Waals surface area (Å²) in [7, 11) is 1.68. The molecule has 1 unspecified atom stereocenters. The summed E-state index contributed by atoms with van der Waals surface area (Å²) in [6, 6.07) is 6.11. The summed E-state index contributed by atoms with van der Waals surface area (Å²) in [5.41, 5.74) is 1.16. The summed E-state index contributed by atoms with van der Waals surface area (Å²) < 4.78 is 6.20. The van der Waals surface area contributed by atoms with Gasteiger partial charge in [0.1, 0.15) is 5.75 Å². The maximum Gasteiger partial charge on any atom is 0.133 e. The highest BCUT2D eigenvalue weighted by atomic mass is 79.9.